The number of nitrogens with zero attached hydrogens (tertiary/aromatic N) is 4. The van der Waals surface area contributed by atoms with E-state index in [1.807, 2.05) is 26.8 Å². The molecule has 4 aromatic heterocycles. The second-order valence-corrected chi connectivity index (χ2v) is 14.2. The summed E-state index contributed by atoms with van der Waals surface area (Å²) in [7, 11) is 0. The number of rotatable bonds is 5. The molecule has 0 amide bonds. The Bertz CT molecular complexity index is 1430. The summed E-state index contributed by atoms with van der Waals surface area (Å²) >= 11 is 3.13. The van der Waals surface area contributed by atoms with Gasteiger partial charge in [-0.3, -0.25) is 0 Å². The molecule has 0 aliphatic heterocycles. The summed E-state index contributed by atoms with van der Waals surface area (Å²) < 4.78 is 17.2. The fourth-order valence-corrected chi connectivity index (χ4v) is 7.61. The fourth-order valence-electron chi connectivity index (χ4n) is 5.79. The Hall–Kier alpha value is -2.32. The number of fused-ring (bicyclic) bond motifs is 2. The summed E-state index contributed by atoms with van der Waals surface area (Å²) in [5.41, 5.74) is 4.09. The molecule has 0 unspecified atom stereocenters. The van der Waals surface area contributed by atoms with Crippen LogP contribution in [-0.2, 0) is 0 Å². The molecule has 0 N–H and O–H groups in total. The zero-order valence-corrected chi connectivity index (χ0v) is 26.8. The minimum absolute atomic E-state index is 0.350. The van der Waals surface area contributed by atoms with Gasteiger partial charge in [-0.2, -0.15) is 4.37 Å². The Kier molecular flexibility index (Phi) is 9.25. The van der Waals surface area contributed by atoms with Gasteiger partial charge in [-0.25, -0.2) is 15.0 Å². The van der Waals surface area contributed by atoms with Crippen LogP contribution in [0.5, 0.6) is 11.5 Å². The molecule has 0 atom stereocenters. The van der Waals surface area contributed by atoms with Crippen LogP contribution in [0.15, 0.2) is 12.1 Å². The number of aromatic nitrogens is 4. The summed E-state index contributed by atoms with van der Waals surface area (Å²) in [6.07, 6.45) is 10.4. The van der Waals surface area contributed by atoms with E-state index in [4.69, 9.17) is 9.47 Å². The quantitative estimate of drug-likeness (QED) is 0.234. The lowest BCUT2D eigenvalue weighted by atomic mass is 9.89. The summed E-state index contributed by atoms with van der Waals surface area (Å²) in [5, 5.41) is 2.19. The first-order valence-electron chi connectivity index (χ1n) is 15.0. The molecule has 4 heterocycles. The average Bonchev–Trinajstić information content (AvgIpc) is 3.50. The number of ether oxygens (including phenoxy) is 2. The molecular formula is C32H44N4O2S2. The molecule has 0 aromatic carbocycles. The van der Waals surface area contributed by atoms with Gasteiger partial charge in [0, 0.05) is 23.5 Å². The molecule has 2 fully saturated rings. The van der Waals surface area contributed by atoms with E-state index in [-0.39, 0.29) is 0 Å². The monoisotopic (exact) mass is 580 g/mol. The van der Waals surface area contributed by atoms with Crippen LogP contribution in [0, 0.1) is 32.6 Å². The van der Waals surface area contributed by atoms with Crippen LogP contribution in [0.1, 0.15) is 107 Å². The third-order valence-corrected chi connectivity index (χ3v) is 9.81. The van der Waals surface area contributed by atoms with E-state index in [9.17, 15) is 0 Å². The topological polar surface area (TPSA) is 70.0 Å². The van der Waals surface area contributed by atoms with Gasteiger partial charge < -0.3 is 9.47 Å². The lowest BCUT2D eigenvalue weighted by Crippen LogP contribution is -2.23. The molecule has 0 bridgehead atoms. The minimum Gasteiger partial charge on any atom is -0.490 e. The van der Waals surface area contributed by atoms with E-state index in [1.54, 1.807) is 11.3 Å². The lowest BCUT2D eigenvalue weighted by Gasteiger charge is -2.27. The summed E-state index contributed by atoms with van der Waals surface area (Å²) in [6.45, 7) is 15.1. The van der Waals surface area contributed by atoms with Crippen LogP contribution in [-0.4, -0.2) is 31.5 Å². The first-order valence-corrected chi connectivity index (χ1v) is 16.6. The number of aryl methyl sites for hydroxylation is 3. The molecule has 216 valence electrons. The maximum absolute atomic E-state index is 6.37. The highest BCUT2D eigenvalue weighted by molar-refractivity contribution is 7.18. The van der Waals surface area contributed by atoms with E-state index in [2.05, 4.69) is 53.1 Å². The van der Waals surface area contributed by atoms with E-state index >= 15 is 0 Å². The molecule has 4 aromatic rings. The Morgan fingerprint density at radius 3 is 1.82 bits per heavy atom. The van der Waals surface area contributed by atoms with E-state index in [0.29, 0.717) is 18.1 Å². The molecule has 6 rings (SSSR count). The molecule has 2 aliphatic rings. The van der Waals surface area contributed by atoms with Crippen LogP contribution in [0.2, 0.25) is 0 Å². The van der Waals surface area contributed by atoms with Gasteiger partial charge in [-0.15, -0.1) is 0 Å². The van der Waals surface area contributed by atoms with Crippen molar-refractivity contribution in [3.05, 3.63) is 34.2 Å². The van der Waals surface area contributed by atoms with Crippen molar-refractivity contribution in [3.63, 3.8) is 0 Å². The summed E-state index contributed by atoms with van der Waals surface area (Å²) in [6, 6.07) is 4.11. The zero-order chi connectivity index (χ0) is 28.4. The van der Waals surface area contributed by atoms with Crippen molar-refractivity contribution < 1.29 is 9.47 Å². The highest BCUT2D eigenvalue weighted by atomic mass is 32.1. The Morgan fingerprint density at radius 1 is 0.725 bits per heavy atom. The predicted octanol–water partition coefficient (Wildman–Crippen LogP) is 9.35. The van der Waals surface area contributed by atoms with Gasteiger partial charge in [0.1, 0.15) is 26.7 Å². The first-order chi connectivity index (χ1) is 19.2. The average molecular weight is 581 g/mol. The van der Waals surface area contributed by atoms with Crippen LogP contribution >= 0.6 is 22.9 Å². The van der Waals surface area contributed by atoms with Crippen LogP contribution in [0.25, 0.3) is 20.6 Å². The lowest BCUT2D eigenvalue weighted by molar-refractivity contribution is 0.137. The molecule has 0 radical (unpaired) electrons. The zero-order valence-electron chi connectivity index (χ0n) is 25.1. The van der Waals surface area contributed by atoms with Crippen molar-refractivity contribution in [3.8, 4) is 11.5 Å². The maximum Gasteiger partial charge on any atom is 0.150 e. The second kappa shape index (κ2) is 12.7. The van der Waals surface area contributed by atoms with Gasteiger partial charge in [0.25, 0.3) is 0 Å². The van der Waals surface area contributed by atoms with Gasteiger partial charge in [0.2, 0.25) is 0 Å². The molecule has 8 heteroatoms. The Morgan fingerprint density at radius 2 is 1.25 bits per heavy atom. The van der Waals surface area contributed by atoms with Crippen molar-refractivity contribution in [2.24, 2.45) is 11.8 Å². The van der Waals surface area contributed by atoms with Crippen molar-refractivity contribution in [1.29, 1.82) is 0 Å². The standard InChI is InChI=1S/C17H24N2OS.C15H20N2OS/c1-10(2)16-15-14(9-12(4)18-17(15)21-19-16)20-13-7-5-11(3)6-8-13;1-9-4-6-12(7-5-9)18-13-8-10(2)16-15-14(13)17-11(3)19-15/h9-11,13H,5-8H2,1-4H3;8-9,12H,4-7H2,1-3H3. The maximum atomic E-state index is 6.37. The van der Waals surface area contributed by atoms with Gasteiger partial charge >= 0.3 is 0 Å². The largest absolute Gasteiger partial charge is 0.490 e. The number of pyridine rings is 2. The molecule has 6 nitrogen and oxygen atoms in total. The highest BCUT2D eigenvalue weighted by Crippen LogP contribution is 2.37. The smallest absolute Gasteiger partial charge is 0.150 e. The van der Waals surface area contributed by atoms with Gasteiger partial charge in [-0.05, 0) is 101 Å². The first kappa shape index (κ1) is 29.2. The summed E-state index contributed by atoms with van der Waals surface area (Å²) in [5.74, 6) is 4.01. The minimum atomic E-state index is 0.350. The second-order valence-electron chi connectivity index (χ2n) is 12.3. The van der Waals surface area contributed by atoms with Crippen molar-refractivity contribution in [2.75, 3.05) is 0 Å². The normalized spacial score (nSPS) is 23.3. The molecular weight excluding hydrogens is 537 g/mol. The molecule has 0 spiro atoms. The van der Waals surface area contributed by atoms with Gasteiger partial charge in [0.15, 0.2) is 0 Å². The van der Waals surface area contributed by atoms with Crippen molar-refractivity contribution in [2.45, 2.75) is 118 Å². The number of thiazole rings is 1. The van der Waals surface area contributed by atoms with Crippen molar-refractivity contribution >= 4 is 43.4 Å². The molecule has 2 aliphatic carbocycles. The molecule has 0 saturated heterocycles. The third-order valence-electron chi connectivity index (χ3n) is 8.19. The third kappa shape index (κ3) is 6.93. The number of hydrogen-bond donors (Lipinski definition) is 0. The van der Waals surface area contributed by atoms with E-state index < -0.39 is 0 Å². The van der Waals surface area contributed by atoms with Crippen LogP contribution in [0.4, 0.5) is 0 Å². The molecule has 40 heavy (non-hydrogen) atoms. The highest BCUT2D eigenvalue weighted by Gasteiger charge is 2.23. The van der Waals surface area contributed by atoms with Gasteiger partial charge in [-0.1, -0.05) is 39.0 Å². The van der Waals surface area contributed by atoms with Gasteiger partial charge in [0.05, 0.1) is 28.3 Å². The van der Waals surface area contributed by atoms with E-state index in [0.717, 1.165) is 78.8 Å². The fraction of sp³-hybridized carbons (Fsp3) is 0.625. The van der Waals surface area contributed by atoms with E-state index in [1.165, 1.54) is 50.1 Å². The van der Waals surface area contributed by atoms with Crippen LogP contribution < -0.4 is 9.47 Å². The van der Waals surface area contributed by atoms with Crippen LogP contribution in [0.3, 0.4) is 0 Å². The number of hydrogen-bond acceptors (Lipinski definition) is 8. The SMILES string of the molecule is Cc1cc(OC2CCC(C)CC2)c2c(C(C)C)nsc2n1.Cc1cc(OC2CCC(C)CC2)c2nc(C)sc2n1. The Labute approximate surface area is 247 Å². The Balaban J connectivity index is 0.000000162. The summed E-state index contributed by atoms with van der Waals surface area (Å²) in [4.78, 5) is 15.7. The molecule has 2 saturated carbocycles. The van der Waals surface area contributed by atoms with Crippen molar-refractivity contribution in [1.82, 2.24) is 19.3 Å². The predicted molar refractivity (Wildman–Crippen MR) is 167 cm³/mol.